The van der Waals surface area contributed by atoms with Crippen LogP contribution in [0.4, 0.5) is 5.69 Å². The van der Waals surface area contributed by atoms with Crippen molar-refractivity contribution in [3.05, 3.63) is 108 Å². The molecule has 1 aromatic heterocycles. The van der Waals surface area contributed by atoms with Crippen LogP contribution >= 0.6 is 0 Å². The summed E-state index contributed by atoms with van der Waals surface area (Å²) in [6.07, 6.45) is 1.62. The summed E-state index contributed by atoms with van der Waals surface area (Å²) in [5, 5.41) is 2.88. The van der Waals surface area contributed by atoms with E-state index in [1.165, 1.54) is 7.11 Å². The number of esters is 1. The van der Waals surface area contributed by atoms with Gasteiger partial charge in [-0.1, -0.05) is 74.5 Å². The first-order valence-corrected chi connectivity index (χ1v) is 12.8. The largest absolute Gasteiger partial charge is 0.467 e. The van der Waals surface area contributed by atoms with E-state index in [0.29, 0.717) is 17.8 Å². The van der Waals surface area contributed by atoms with Gasteiger partial charge in [0.05, 0.1) is 7.11 Å². The van der Waals surface area contributed by atoms with Gasteiger partial charge < -0.3 is 15.0 Å². The Kier molecular flexibility index (Phi) is 7.23. The minimum Gasteiger partial charge on any atom is -0.467 e. The van der Waals surface area contributed by atoms with Gasteiger partial charge in [-0.3, -0.25) is 14.6 Å². The number of nitrogens with one attached hydrogen (secondary N) is 1. The second kappa shape index (κ2) is 10.9. The first-order valence-electron chi connectivity index (χ1n) is 12.8. The highest BCUT2D eigenvalue weighted by Gasteiger charge is 2.38. The Morgan fingerprint density at radius 1 is 0.872 bits per heavy atom. The number of nitrogens with zero attached hydrogens (tertiary/aromatic N) is 2. The first-order chi connectivity index (χ1) is 18.9. The van der Waals surface area contributed by atoms with E-state index in [1.54, 1.807) is 17.2 Å². The molecule has 0 bridgehead atoms. The number of amides is 2. The van der Waals surface area contributed by atoms with Gasteiger partial charge in [0.15, 0.2) is 0 Å². The van der Waals surface area contributed by atoms with E-state index in [-0.39, 0.29) is 23.4 Å². The Labute approximate surface area is 227 Å². The lowest BCUT2D eigenvalue weighted by atomic mass is 10.0. The van der Waals surface area contributed by atoms with E-state index in [9.17, 15) is 14.4 Å². The molecular weight excluding hydrogens is 490 g/mol. The first kappa shape index (κ1) is 25.9. The summed E-state index contributed by atoms with van der Waals surface area (Å²) in [6, 6.07) is 26.2. The topological polar surface area (TPSA) is 88.6 Å². The van der Waals surface area contributed by atoms with E-state index in [4.69, 9.17) is 4.74 Å². The number of hydrogen-bond acceptors (Lipinski definition) is 5. The quantitative estimate of drug-likeness (QED) is 0.311. The summed E-state index contributed by atoms with van der Waals surface area (Å²) in [5.74, 6) is -1.01. The molecule has 0 aliphatic carbocycles. The average Bonchev–Trinajstić information content (AvgIpc) is 3.28. The summed E-state index contributed by atoms with van der Waals surface area (Å²) in [7, 11) is 1.34. The van der Waals surface area contributed by atoms with Crippen LogP contribution in [0.5, 0.6) is 0 Å². The number of carbonyl (C=O) groups is 3. The molecule has 7 heteroatoms. The smallest absolute Gasteiger partial charge is 0.328 e. The number of rotatable bonds is 7. The van der Waals surface area contributed by atoms with Crippen molar-refractivity contribution in [1.29, 1.82) is 0 Å². The third kappa shape index (κ3) is 5.29. The van der Waals surface area contributed by atoms with Crippen LogP contribution in [-0.2, 0) is 16.1 Å². The Bertz CT molecular complexity index is 1510. The zero-order chi connectivity index (χ0) is 27.5. The van der Waals surface area contributed by atoms with E-state index in [1.807, 2.05) is 92.7 Å². The predicted molar refractivity (Wildman–Crippen MR) is 150 cm³/mol. The molecule has 1 N–H and O–H groups in total. The van der Waals surface area contributed by atoms with Gasteiger partial charge in [-0.2, -0.15) is 0 Å². The van der Waals surface area contributed by atoms with Crippen LogP contribution in [0.15, 0.2) is 91.1 Å². The van der Waals surface area contributed by atoms with Gasteiger partial charge in [0, 0.05) is 29.6 Å². The fourth-order valence-corrected chi connectivity index (χ4v) is 4.88. The lowest BCUT2D eigenvalue weighted by molar-refractivity contribution is -0.147. The van der Waals surface area contributed by atoms with Gasteiger partial charge in [0.25, 0.3) is 11.8 Å². The number of ether oxygens (including phenoxy) is 1. The van der Waals surface area contributed by atoms with E-state index in [0.717, 1.165) is 27.8 Å². The molecule has 196 valence electrons. The minimum absolute atomic E-state index is 0.0835. The molecule has 0 unspecified atom stereocenters. The molecule has 0 saturated carbocycles. The number of benzene rings is 3. The normalized spacial score (nSPS) is 13.2. The number of methoxy groups -OCH3 is 1. The zero-order valence-corrected chi connectivity index (χ0v) is 22.0. The number of pyridine rings is 1. The van der Waals surface area contributed by atoms with Crippen molar-refractivity contribution in [3.8, 4) is 22.3 Å². The highest BCUT2D eigenvalue weighted by atomic mass is 16.5. The summed E-state index contributed by atoms with van der Waals surface area (Å²) >= 11 is 0. The zero-order valence-electron chi connectivity index (χ0n) is 22.0. The molecule has 1 atom stereocenters. The van der Waals surface area contributed by atoms with Crippen molar-refractivity contribution in [2.24, 2.45) is 5.92 Å². The minimum atomic E-state index is -0.646. The van der Waals surface area contributed by atoms with Crippen molar-refractivity contribution >= 4 is 23.5 Å². The molecule has 0 spiro atoms. The van der Waals surface area contributed by atoms with Crippen LogP contribution in [0, 0.1) is 5.92 Å². The maximum atomic E-state index is 13.2. The molecule has 2 amide bonds. The number of fused-ring (bicyclic) bond motifs is 1. The van der Waals surface area contributed by atoms with Crippen molar-refractivity contribution in [3.63, 3.8) is 0 Å². The van der Waals surface area contributed by atoms with Gasteiger partial charge in [0.1, 0.15) is 11.7 Å². The highest BCUT2D eigenvalue weighted by molar-refractivity contribution is 6.03. The molecule has 3 aromatic carbocycles. The van der Waals surface area contributed by atoms with Gasteiger partial charge in [-0.25, -0.2) is 4.79 Å². The van der Waals surface area contributed by atoms with Crippen molar-refractivity contribution < 1.29 is 19.1 Å². The third-order valence-electron chi connectivity index (χ3n) is 6.93. The molecular formula is C32H29N3O4. The van der Waals surface area contributed by atoms with Crippen LogP contribution in [0.2, 0.25) is 0 Å². The third-order valence-corrected chi connectivity index (χ3v) is 6.93. The number of anilines is 1. The number of carbonyl (C=O) groups excluding carboxylic acids is 3. The van der Waals surface area contributed by atoms with Crippen molar-refractivity contribution in [2.75, 3.05) is 12.4 Å². The summed E-state index contributed by atoms with van der Waals surface area (Å²) in [5.41, 5.74) is 6.14. The van der Waals surface area contributed by atoms with Crippen LogP contribution in [-0.4, -0.2) is 40.8 Å². The fourth-order valence-electron chi connectivity index (χ4n) is 4.88. The molecule has 2 heterocycles. The lowest BCUT2D eigenvalue weighted by Crippen LogP contribution is -2.45. The lowest BCUT2D eigenvalue weighted by Gasteiger charge is -2.28. The van der Waals surface area contributed by atoms with Crippen LogP contribution in [0.1, 0.15) is 40.3 Å². The SMILES string of the molecule is COC(=O)[C@H](C(C)C)N1Cc2ccc(-c3ccc(C(=O)Nc4ccc(-c5ccccc5)cc4)nc3)cc2C1=O. The standard InChI is InChI=1S/C32H29N3O4/c1-20(2)29(32(38)39-3)35-19-25-10-9-23(17-27(25)31(35)37)24-13-16-28(33-18-24)30(36)34-26-14-11-22(12-15-26)21-7-5-4-6-8-21/h4-18,20,29H,19H2,1-3H3,(H,34,36)/t29-/m0/s1. The van der Waals surface area contributed by atoms with E-state index < -0.39 is 12.0 Å². The maximum Gasteiger partial charge on any atom is 0.328 e. The number of hydrogen-bond donors (Lipinski definition) is 1. The Balaban J connectivity index is 1.28. The molecule has 7 nitrogen and oxygen atoms in total. The van der Waals surface area contributed by atoms with E-state index >= 15 is 0 Å². The van der Waals surface area contributed by atoms with Crippen molar-refractivity contribution in [2.45, 2.75) is 26.4 Å². The van der Waals surface area contributed by atoms with Gasteiger partial charge in [-0.15, -0.1) is 0 Å². The van der Waals surface area contributed by atoms with Gasteiger partial charge in [-0.05, 0) is 52.4 Å². The molecule has 0 fully saturated rings. The Morgan fingerprint density at radius 2 is 1.54 bits per heavy atom. The van der Waals surface area contributed by atoms with Crippen LogP contribution in [0.3, 0.4) is 0 Å². The molecule has 1 aliphatic rings. The summed E-state index contributed by atoms with van der Waals surface area (Å²) < 4.78 is 4.94. The van der Waals surface area contributed by atoms with Crippen LogP contribution < -0.4 is 5.32 Å². The highest BCUT2D eigenvalue weighted by Crippen LogP contribution is 2.31. The van der Waals surface area contributed by atoms with Crippen LogP contribution in [0.25, 0.3) is 22.3 Å². The van der Waals surface area contributed by atoms with Gasteiger partial charge in [0.2, 0.25) is 0 Å². The molecule has 0 radical (unpaired) electrons. The summed E-state index contributed by atoms with van der Waals surface area (Å²) in [4.78, 5) is 44.3. The molecule has 39 heavy (non-hydrogen) atoms. The molecule has 5 rings (SSSR count). The predicted octanol–water partition coefficient (Wildman–Crippen LogP) is 5.82. The summed E-state index contributed by atoms with van der Waals surface area (Å²) in [6.45, 7) is 4.15. The van der Waals surface area contributed by atoms with Crippen molar-refractivity contribution in [1.82, 2.24) is 9.88 Å². The monoisotopic (exact) mass is 519 g/mol. The Morgan fingerprint density at radius 3 is 2.18 bits per heavy atom. The second-order valence-electron chi connectivity index (χ2n) is 9.85. The average molecular weight is 520 g/mol. The molecule has 4 aromatic rings. The Hall–Kier alpha value is -4.78. The number of aromatic nitrogens is 1. The second-order valence-corrected chi connectivity index (χ2v) is 9.85. The molecule has 1 aliphatic heterocycles. The van der Waals surface area contributed by atoms with E-state index in [2.05, 4.69) is 10.3 Å². The van der Waals surface area contributed by atoms with Gasteiger partial charge >= 0.3 is 5.97 Å². The fraction of sp³-hybridized carbons (Fsp3) is 0.188. The maximum absolute atomic E-state index is 13.2. The molecule has 0 saturated heterocycles.